The summed E-state index contributed by atoms with van der Waals surface area (Å²) in [5, 5.41) is 3.53. The van der Waals surface area contributed by atoms with E-state index in [0.29, 0.717) is 17.6 Å². The maximum absolute atomic E-state index is 12.5. The summed E-state index contributed by atoms with van der Waals surface area (Å²) in [7, 11) is 0. The third-order valence-electron chi connectivity index (χ3n) is 4.46. The first kappa shape index (κ1) is 15.3. The van der Waals surface area contributed by atoms with Crippen LogP contribution >= 0.6 is 0 Å². The molecule has 22 heavy (non-hydrogen) atoms. The van der Waals surface area contributed by atoms with E-state index in [1.165, 1.54) is 30.7 Å². The molecular formula is C16H18F3NO2. The summed E-state index contributed by atoms with van der Waals surface area (Å²) in [6.45, 7) is 0. The second kappa shape index (κ2) is 5.91. The number of fused-ring (bicyclic) bond motifs is 2. The molecule has 3 rings (SSSR count). The Labute approximate surface area is 126 Å². The first-order valence-electron chi connectivity index (χ1n) is 7.57. The fraction of sp³-hybridized carbons (Fsp3) is 0.562. The van der Waals surface area contributed by atoms with Crippen molar-refractivity contribution >= 4 is 5.78 Å². The molecule has 0 spiro atoms. The number of rotatable bonds is 3. The largest absolute Gasteiger partial charge is 0.573 e. The second-order valence-electron chi connectivity index (χ2n) is 6.10. The van der Waals surface area contributed by atoms with E-state index in [-0.39, 0.29) is 17.5 Å². The lowest BCUT2D eigenvalue weighted by atomic mass is 9.77. The molecule has 6 heteroatoms. The lowest BCUT2D eigenvalue weighted by molar-refractivity contribution is -0.274. The van der Waals surface area contributed by atoms with Gasteiger partial charge in [-0.1, -0.05) is 6.42 Å². The Balaban J connectivity index is 1.67. The van der Waals surface area contributed by atoms with Gasteiger partial charge in [-0.05, 0) is 49.9 Å². The number of ether oxygens (including phenoxy) is 1. The Hall–Kier alpha value is -1.56. The first-order valence-corrected chi connectivity index (χ1v) is 7.57. The van der Waals surface area contributed by atoms with Crippen LogP contribution in [0.1, 0.15) is 42.5 Å². The Morgan fingerprint density at radius 3 is 2.23 bits per heavy atom. The molecule has 2 saturated heterocycles. The summed E-state index contributed by atoms with van der Waals surface area (Å²) in [6.07, 6.45) is 0.314. The zero-order valence-corrected chi connectivity index (χ0v) is 12.0. The highest BCUT2D eigenvalue weighted by atomic mass is 19.4. The predicted octanol–water partition coefficient (Wildman–Crippen LogP) is 3.69. The van der Waals surface area contributed by atoms with Crippen LogP contribution in [-0.4, -0.2) is 24.2 Å². The minimum atomic E-state index is -4.71. The standard InChI is InChI=1S/C16H18F3NO2/c17-16(18,19)22-14-6-4-10(5-7-14)15(21)11-8-12-2-1-3-13(9-11)20-12/h4-7,11-13,20H,1-3,8-9H2. The van der Waals surface area contributed by atoms with Gasteiger partial charge in [0, 0.05) is 23.6 Å². The summed E-state index contributed by atoms with van der Waals surface area (Å²) >= 11 is 0. The van der Waals surface area contributed by atoms with Crippen LogP contribution in [0.3, 0.4) is 0 Å². The van der Waals surface area contributed by atoms with E-state index in [1.807, 2.05) is 0 Å². The van der Waals surface area contributed by atoms with Crippen LogP contribution in [0.2, 0.25) is 0 Å². The summed E-state index contributed by atoms with van der Waals surface area (Å²) in [4.78, 5) is 12.5. The van der Waals surface area contributed by atoms with E-state index < -0.39 is 6.36 Å². The number of carbonyl (C=O) groups excluding carboxylic acids is 1. The van der Waals surface area contributed by atoms with Gasteiger partial charge in [-0.2, -0.15) is 0 Å². The van der Waals surface area contributed by atoms with Crippen LogP contribution < -0.4 is 10.1 Å². The quantitative estimate of drug-likeness (QED) is 0.865. The third-order valence-corrected chi connectivity index (χ3v) is 4.46. The zero-order chi connectivity index (χ0) is 15.7. The van der Waals surface area contributed by atoms with Crippen molar-refractivity contribution in [2.75, 3.05) is 0 Å². The Kier molecular flexibility index (Phi) is 4.12. The fourth-order valence-electron chi connectivity index (χ4n) is 3.54. The molecule has 1 N–H and O–H groups in total. The average molecular weight is 313 g/mol. The summed E-state index contributed by atoms with van der Waals surface area (Å²) in [5.74, 6) is -0.311. The molecule has 3 nitrogen and oxygen atoms in total. The molecule has 2 heterocycles. The molecule has 0 amide bonds. The van der Waals surface area contributed by atoms with Crippen LogP contribution in [0.25, 0.3) is 0 Å². The summed E-state index contributed by atoms with van der Waals surface area (Å²) in [6, 6.07) is 6.02. The minimum absolute atomic E-state index is 0.0250. The highest BCUT2D eigenvalue weighted by Gasteiger charge is 2.35. The highest BCUT2D eigenvalue weighted by molar-refractivity contribution is 5.98. The Morgan fingerprint density at radius 1 is 1.09 bits per heavy atom. The topological polar surface area (TPSA) is 38.3 Å². The van der Waals surface area contributed by atoms with Gasteiger partial charge in [0.1, 0.15) is 5.75 Å². The molecule has 0 saturated carbocycles. The van der Waals surface area contributed by atoms with Crippen molar-refractivity contribution in [2.45, 2.75) is 50.6 Å². The maximum atomic E-state index is 12.5. The Bertz CT molecular complexity index is 529. The molecule has 1 aromatic rings. The van der Waals surface area contributed by atoms with Crippen LogP contribution in [0.4, 0.5) is 13.2 Å². The monoisotopic (exact) mass is 313 g/mol. The van der Waals surface area contributed by atoms with Gasteiger partial charge >= 0.3 is 6.36 Å². The molecule has 2 unspecified atom stereocenters. The molecule has 2 bridgehead atoms. The molecule has 120 valence electrons. The van der Waals surface area contributed by atoms with Crippen molar-refractivity contribution in [1.82, 2.24) is 5.32 Å². The van der Waals surface area contributed by atoms with Crippen LogP contribution in [0, 0.1) is 5.92 Å². The number of halogens is 3. The lowest BCUT2D eigenvalue weighted by Crippen LogP contribution is -2.50. The van der Waals surface area contributed by atoms with Gasteiger partial charge in [0.15, 0.2) is 5.78 Å². The second-order valence-corrected chi connectivity index (χ2v) is 6.10. The van der Waals surface area contributed by atoms with Gasteiger partial charge in [0.25, 0.3) is 0 Å². The normalized spacial score (nSPS) is 28.2. The minimum Gasteiger partial charge on any atom is -0.406 e. The molecular weight excluding hydrogens is 295 g/mol. The van der Waals surface area contributed by atoms with E-state index in [0.717, 1.165) is 25.7 Å². The van der Waals surface area contributed by atoms with Crippen molar-refractivity contribution in [2.24, 2.45) is 5.92 Å². The van der Waals surface area contributed by atoms with Gasteiger partial charge in [-0.25, -0.2) is 0 Å². The number of hydrogen-bond donors (Lipinski definition) is 1. The zero-order valence-electron chi connectivity index (χ0n) is 12.0. The highest BCUT2D eigenvalue weighted by Crippen LogP contribution is 2.32. The summed E-state index contributed by atoms with van der Waals surface area (Å²) in [5.41, 5.74) is 0.458. The van der Waals surface area contributed by atoms with E-state index >= 15 is 0 Å². The first-order chi connectivity index (χ1) is 10.4. The van der Waals surface area contributed by atoms with E-state index in [9.17, 15) is 18.0 Å². The number of piperidine rings is 2. The molecule has 0 aromatic heterocycles. The van der Waals surface area contributed by atoms with Crippen molar-refractivity contribution in [3.63, 3.8) is 0 Å². The van der Waals surface area contributed by atoms with Gasteiger partial charge in [-0.15, -0.1) is 13.2 Å². The van der Waals surface area contributed by atoms with Crippen LogP contribution in [0.15, 0.2) is 24.3 Å². The van der Waals surface area contributed by atoms with E-state index in [2.05, 4.69) is 10.1 Å². The molecule has 0 radical (unpaired) electrons. The average Bonchev–Trinajstić information content (AvgIpc) is 2.45. The van der Waals surface area contributed by atoms with Crippen molar-refractivity contribution < 1.29 is 22.7 Å². The van der Waals surface area contributed by atoms with Gasteiger partial charge < -0.3 is 10.1 Å². The predicted molar refractivity (Wildman–Crippen MR) is 74.7 cm³/mol. The fourth-order valence-corrected chi connectivity index (χ4v) is 3.54. The number of carbonyl (C=O) groups is 1. The smallest absolute Gasteiger partial charge is 0.406 e. The number of nitrogens with one attached hydrogen (secondary N) is 1. The SMILES string of the molecule is O=C(c1ccc(OC(F)(F)F)cc1)C1CC2CCCC(C1)N2. The van der Waals surface area contributed by atoms with E-state index in [1.54, 1.807) is 0 Å². The maximum Gasteiger partial charge on any atom is 0.573 e. The van der Waals surface area contributed by atoms with E-state index in [4.69, 9.17) is 0 Å². The number of benzene rings is 1. The Morgan fingerprint density at radius 2 is 1.68 bits per heavy atom. The summed E-state index contributed by atoms with van der Waals surface area (Å²) < 4.78 is 40.2. The van der Waals surface area contributed by atoms with Crippen molar-refractivity contribution in [1.29, 1.82) is 0 Å². The van der Waals surface area contributed by atoms with Gasteiger partial charge in [0.05, 0.1) is 0 Å². The molecule has 2 fully saturated rings. The third kappa shape index (κ3) is 3.61. The van der Waals surface area contributed by atoms with Gasteiger partial charge in [-0.3, -0.25) is 4.79 Å². The van der Waals surface area contributed by atoms with Crippen molar-refractivity contribution in [3.8, 4) is 5.75 Å². The molecule has 2 aliphatic rings. The molecule has 2 aliphatic heterocycles. The molecule has 1 aromatic carbocycles. The number of Topliss-reactive ketones (excluding diaryl/α,β-unsaturated/α-hetero) is 1. The lowest BCUT2D eigenvalue weighted by Gasteiger charge is -2.39. The van der Waals surface area contributed by atoms with Crippen LogP contribution in [-0.2, 0) is 0 Å². The number of alkyl halides is 3. The van der Waals surface area contributed by atoms with Gasteiger partial charge in [0.2, 0.25) is 0 Å². The van der Waals surface area contributed by atoms with Crippen molar-refractivity contribution in [3.05, 3.63) is 29.8 Å². The molecule has 0 aliphatic carbocycles. The number of hydrogen-bond acceptors (Lipinski definition) is 3. The number of ketones is 1. The van der Waals surface area contributed by atoms with Crippen LogP contribution in [0.5, 0.6) is 5.75 Å². The molecule has 2 atom stereocenters.